The van der Waals surface area contributed by atoms with Gasteiger partial charge in [0, 0.05) is 31.7 Å². The number of nitrogens with one attached hydrogen (secondary N) is 1. The number of ether oxygens (including phenoxy) is 2. The molecule has 0 amide bonds. The zero-order valence-electron chi connectivity index (χ0n) is 12.3. The molecule has 0 aliphatic carbocycles. The summed E-state index contributed by atoms with van der Waals surface area (Å²) in [5.41, 5.74) is 4.02. The van der Waals surface area contributed by atoms with Gasteiger partial charge in [-0.05, 0) is 17.2 Å². The first-order chi connectivity index (χ1) is 10.4. The van der Waals surface area contributed by atoms with Crippen LogP contribution in [0.4, 0.5) is 0 Å². The van der Waals surface area contributed by atoms with Crippen LogP contribution in [0.2, 0.25) is 0 Å². The number of hydrogen-bond donors (Lipinski definition) is 1. The van der Waals surface area contributed by atoms with Crippen molar-refractivity contribution in [3.05, 3.63) is 65.2 Å². The zero-order valence-corrected chi connectivity index (χ0v) is 12.3. The number of hydrogen-bond acceptors (Lipinski definition) is 3. The van der Waals surface area contributed by atoms with E-state index in [9.17, 15) is 0 Å². The van der Waals surface area contributed by atoms with Crippen molar-refractivity contribution in [1.82, 2.24) is 5.32 Å². The Morgan fingerprint density at radius 1 is 1.00 bits per heavy atom. The molecule has 0 spiro atoms. The van der Waals surface area contributed by atoms with Crippen molar-refractivity contribution in [2.24, 2.45) is 0 Å². The van der Waals surface area contributed by atoms with Crippen LogP contribution in [0.5, 0.6) is 5.75 Å². The van der Waals surface area contributed by atoms with Gasteiger partial charge >= 0.3 is 0 Å². The van der Waals surface area contributed by atoms with Crippen LogP contribution in [0.1, 0.15) is 22.6 Å². The molecule has 1 atom stereocenters. The highest BCUT2D eigenvalue weighted by atomic mass is 16.5. The monoisotopic (exact) mass is 283 g/mol. The minimum atomic E-state index is 0.341. The van der Waals surface area contributed by atoms with E-state index in [0.29, 0.717) is 19.1 Å². The fourth-order valence-electron chi connectivity index (χ4n) is 2.91. The van der Waals surface area contributed by atoms with Crippen LogP contribution in [0.3, 0.4) is 0 Å². The molecule has 0 saturated heterocycles. The quantitative estimate of drug-likeness (QED) is 0.856. The third-order valence-corrected chi connectivity index (χ3v) is 3.93. The minimum Gasteiger partial charge on any atom is -0.491 e. The van der Waals surface area contributed by atoms with Gasteiger partial charge in [-0.2, -0.15) is 0 Å². The van der Waals surface area contributed by atoms with E-state index in [4.69, 9.17) is 9.47 Å². The molecule has 21 heavy (non-hydrogen) atoms. The normalized spacial score (nSPS) is 17.3. The maximum atomic E-state index is 5.89. The van der Waals surface area contributed by atoms with Gasteiger partial charge in [-0.1, -0.05) is 42.5 Å². The van der Waals surface area contributed by atoms with Gasteiger partial charge in [0.2, 0.25) is 0 Å². The largest absolute Gasteiger partial charge is 0.491 e. The first-order valence-electron chi connectivity index (χ1n) is 7.39. The summed E-state index contributed by atoms with van der Waals surface area (Å²) >= 11 is 0. The number of para-hydroxylation sites is 1. The predicted octanol–water partition coefficient (Wildman–Crippen LogP) is 2.95. The van der Waals surface area contributed by atoms with Crippen LogP contribution in [0, 0.1) is 0 Å². The van der Waals surface area contributed by atoms with E-state index in [1.54, 1.807) is 7.11 Å². The Kier molecular flexibility index (Phi) is 4.53. The van der Waals surface area contributed by atoms with Crippen molar-refractivity contribution in [2.45, 2.75) is 12.5 Å². The van der Waals surface area contributed by atoms with Crippen molar-refractivity contribution in [3.8, 4) is 5.75 Å². The van der Waals surface area contributed by atoms with Crippen LogP contribution in [-0.2, 0) is 11.3 Å². The molecule has 2 aromatic rings. The lowest BCUT2D eigenvalue weighted by atomic mass is 9.85. The van der Waals surface area contributed by atoms with Crippen LogP contribution in [-0.4, -0.2) is 26.9 Å². The second-order valence-corrected chi connectivity index (χ2v) is 5.26. The minimum absolute atomic E-state index is 0.341. The van der Waals surface area contributed by atoms with Gasteiger partial charge in [0.15, 0.2) is 0 Å². The Hall–Kier alpha value is -1.84. The average molecular weight is 283 g/mol. The number of rotatable bonds is 5. The summed E-state index contributed by atoms with van der Waals surface area (Å²) in [4.78, 5) is 0. The molecule has 0 fully saturated rings. The van der Waals surface area contributed by atoms with E-state index < -0.39 is 0 Å². The molecule has 3 rings (SSSR count). The van der Waals surface area contributed by atoms with Crippen molar-refractivity contribution >= 4 is 0 Å². The summed E-state index contributed by atoms with van der Waals surface area (Å²) in [6.45, 7) is 3.07. The number of methoxy groups -OCH3 is 1. The first kappa shape index (κ1) is 14.1. The smallest absolute Gasteiger partial charge is 0.123 e. The number of benzene rings is 2. The second-order valence-electron chi connectivity index (χ2n) is 5.26. The van der Waals surface area contributed by atoms with E-state index in [2.05, 4.69) is 41.7 Å². The summed E-state index contributed by atoms with van der Waals surface area (Å²) in [7, 11) is 1.69. The van der Waals surface area contributed by atoms with Crippen LogP contribution < -0.4 is 10.1 Å². The third-order valence-electron chi connectivity index (χ3n) is 3.93. The van der Waals surface area contributed by atoms with E-state index in [1.807, 2.05) is 12.1 Å². The molecule has 0 bridgehead atoms. The van der Waals surface area contributed by atoms with Crippen LogP contribution in [0.25, 0.3) is 0 Å². The highest BCUT2D eigenvalue weighted by Gasteiger charge is 2.23. The molecule has 3 heteroatoms. The highest BCUT2D eigenvalue weighted by Crippen LogP contribution is 2.35. The van der Waals surface area contributed by atoms with Crippen molar-refractivity contribution in [3.63, 3.8) is 0 Å². The summed E-state index contributed by atoms with van der Waals surface area (Å²) in [6.07, 6.45) is 0. The summed E-state index contributed by atoms with van der Waals surface area (Å²) in [5.74, 6) is 1.30. The molecule has 0 aromatic heterocycles. The molecule has 110 valence electrons. The van der Waals surface area contributed by atoms with Gasteiger partial charge in [0.05, 0.1) is 6.61 Å². The average Bonchev–Trinajstić information content (AvgIpc) is 2.55. The Balaban J connectivity index is 1.91. The van der Waals surface area contributed by atoms with E-state index in [0.717, 1.165) is 18.8 Å². The van der Waals surface area contributed by atoms with Gasteiger partial charge in [-0.3, -0.25) is 0 Å². The molecule has 0 radical (unpaired) electrons. The van der Waals surface area contributed by atoms with Gasteiger partial charge in [-0.15, -0.1) is 0 Å². The molecule has 1 heterocycles. The third kappa shape index (κ3) is 3.09. The van der Waals surface area contributed by atoms with E-state index in [1.165, 1.54) is 16.7 Å². The maximum Gasteiger partial charge on any atom is 0.123 e. The van der Waals surface area contributed by atoms with E-state index in [-0.39, 0.29) is 0 Å². The van der Waals surface area contributed by atoms with Gasteiger partial charge in [0.1, 0.15) is 12.4 Å². The zero-order chi connectivity index (χ0) is 14.5. The molecule has 3 nitrogen and oxygen atoms in total. The Morgan fingerprint density at radius 3 is 2.62 bits per heavy atom. The molecular formula is C18H21NO2. The first-order valence-corrected chi connectivity index (χ1v) is 7.39. The second kappa shape index (κ2) is 6.74. The Labute approximate surface area is 125 Å². The summed E-state index contributed by atoms with van der Waals surface area (Å²) in [6, 6.07) is 17.0. The number of fused-ring (bicyclic) bond motifs is 1. The predicted molar refractivity (Wildman–Crippen MR) is 83.8 cm³/mol. The molecule has 0 saturated carbocycles. The molecule has 1 aliphatic heterocycles. The molecule has 1 N–H and O–H groups in total. The lowest BCUT2D eigenvalue weighted by Gasteiger charge is -2.28. The SMILES string of the molecule is COCCOc1ccccc1C1CNCc2ccccc21. The molecule has 1 aliphatic rings. The van der Waals surface area contributed by atoms with Crippen molar-refractivity contribution < 1.29 is 9.47 Å². The van der Waals surface area contributed by atoms with Crippen LogP contribution >= 0.6 is 0 Å². The topological polar surface area (TPSA) is 30.5 Å². The van der Waals surface area contributed by atoms with Gasteiger partial charge < -0.3 is 14.8 Å². The molecule has 1 unspecified atom stereocenters. The molecule has 2 aromatic carbocycles. The summed E-state index contributed by atoms with van der Waals surface area (Å²) < 4.78 is 11.0. The highest BCUT2D eigenvalue weighted by molar-refractivity contribution is 5.46. The van der Waals surface area contributed by atoms with Crippen molar-refractivity contribution in [1.29, 1.82) is 0 Å². The van der Waals surface area contributed by atoms with Gasteiger partial charge in [-0.25, -0.2) is 0 Å². The standard InChI is InChI=1S/C18H21NO2/c1-20-10-11-21-18-9-5-4-8-16(18)17-13-19-12-14-6-2-3-7-15(14)17/h2-9,17,19H,10-13H2,1H3. The fraction of sp³-hybridized carbons (Fsp3) is 0.333. The van der Waals surface area contributed by atoms with E-state index >= 15 is 0 Å². The maximum absolute atomic E-state index is 5.89. The van der Waals surface area contributed by atoms with Crippen LogP contribution in [0.15, 0.2) is 48.5 Å². The Morgan fingerprint density at radius 2 is 1.76 bits per heavy atom. The van der Waals surface area contributed by atoms with Gasteiger partial charge in [0.25, 0.3) is 0 Å². The lowest BCUT2D eigenvalue weighted by molar-refractivity contribution is 0.145. The lowest BCUT2D eigenvalue weighted by Crippen LogP contribution is -2.29. The van der Waals surface area contributed by atoms with Crippen molar-refractivity contribution in [2.75, 3.05) is 26.9 Å². The fourth-order valence-corrected chi connectivity index (χ4v) is 2.91. The Bertz CT molecular complexity index is 597. The summed E-state index contributed by atoms with van der Waals surface area (Å²) in [5, 5.41) is 3.50. The molecular weight excluding hydrogens is 262 g/mol.